The Morgan fingerprint density at radius 3 is 2.41 bits per heavy atom. The van der Waals surface area contributed by atoms with Gasteiger partial charge in [0.2, 0.25) is 6.79 Å². The van der Waals surface area contributed by atoms with Gasteiger partial charge in [0, 0.05) is 59.9 Å². The zero-order valence-electron chi connectivity index (χ0n) is 34.8. The van der Waals surface area contributed by atoms with Crippen LogP contribution in [0.3, 0.4) is 0 Å². The first kappa shape index (κ1) is 43.1. The highest BCUT2D eigenvalue weighted by Gasteiger charge is 2.55. The van der Waals surface area contributed by atoms with Crippen LogP contribution in [0.4, 0.5) is 4.79 Å². The van der Waals surface area contributed by atoms with Crippen LogP contribution in [0.5, 0.6) is 28.7 Å². The van der Waals surface area contributed by atoms with Crippen LogP contribution in [0.25, 0.3) is 0 Å². The number of ether oxygens (including phenoxy) is 9. The maximum atomic E-state index is 14.0. The predicted octanol–water partition coefficient (Wildman–Crippen LogP) is 4.67. The Bertz CT molecular complexity index is 1950. The molecular weight excluding hydrogens is 773 g/mol. The summed E-state index contributed by atoms with van der Waals surface area (Å²) >= 11 is 1.44. The molecule has 4 aliphatic rings. The van der Waals surface area contributed by atoms with Crippen LogP contribution in [-0.2, 0) is 35.0 Å². The van der Waals surface area contributed by atoms with Gasteiger partial charge >= 0.3 is 18.0 Å². The molecule has 2 aromatic rings. The van der Waals surface area contributed by atoms with E-state index in [4.69, 9.17) is 42.6 Å². The number of cyclic esters (lactones) is 1. The van der Waals surface area contributed by atoms with Gasteiger partial charge in [0.25, 0.3) is 0 Å². The number of nitrogens with zero attached hydrogens (tertiary/aromatic N) is 3. The first-order chi connectivity index (χ1) is 27.6. The minimum atomic E-state index is -1.06. The van der Waals surface area contributed by atoms with Crippen molar-refractivity contribution >= 4 is 29.8 Å². The second-order valence-electron chi connectivity index (χ2n) is 15.8. The molecule has 6 atom stereocenters. The smallest absolute Gasteiger partial charge is 0.408 e. The summed E-state index contributed by atoms with van der Waals surface area (Å²) in [6.45, 7) is 12.5. The molecule has 16 nitrogen and oxygen atoms in total. The first-order valence-electron chi connectivity index (χ1n) is 19.2. The van der Waals surface area contributed by atoms with Gasteiger partial charge in [-0.2, -0.15) is 17.0 Å². The van der Waals surface area contributed by atoms with E-state index in [1.54, 1.807) is 41.9 Å². The number of benzene rings is 2. The number of nitrogens with one attached hydrogen (secondary N) is 1. The van der Waals surface area contributed by atoms with Crippen LogP contribution in [0.2, 0.25) is 0 Å². The zero-order valence-corrected chi connectivity index (χ0v) is 35.7. The number of nitriles is 1. The second-order valence-corrected chi connectivity index (χ2v) is 16.9. The summed E-state index contributed by atoms with van der Waals surface area (Å²) in [5.74, 6) is 1.58. The Hall–Kier alpha value is -4.47. The van der Waals surface area contributed by atoms with Gasteiger partial charge in [-0.15, -0.1) is 0 Å². The number of hydrogen-bond acceptors (Lipinski definition) is 16. The molecule has 2 bridgehead atoms. The van der Waals surface area contributed by atoms with Gasteiger partial charge in [0.05, 0.1) is 38.5 Å². The summed E-state index contributed by atoms with van der Waals surface area (Å²) in [5, 5.41) is 13.9. The van der Waals surface area contributed by atoms with Gasteiger partial charge in [-0.3, -0.25) is 14.6 Å². The molecule has 2 aromatic carbocycles. The quantitative estimate of drug-likeness (QED) is 0.151. The minimum absolute atomic E-state index is 0.0546. The minimum Gasteiger partial charge on any atom is -0.493 e. The SMILES string of the molecule is COCCOCOc1c(OC)c(C)cc2c1[C@@H]1[C@@H]3CSCC(NC(=O)OC(C)(C)C)C(=O)OC[C@@H](c4c(C)c(OC(C)=O)c(C)c5c4OCO5)N3[C@@H](C#N)[C@@H](C2)N1C. The van der Waals surface area contributed by atoms with Crippen molar-refractivity contribution in [3.63, 3.8) is 0 Å². The summed E-state index contributed by atoms with van der Waals surface area (Å²) in [4.78, 5) is 43.8. The molecule has 2 saturated heterocycles. The fourth-order valence-electron chi connectivity index (χ4n) is 8.58. The second kappa shape index (κ2) is 17.8. The van der Waals surface area contributed by atoms with Crippen LogP contribution in [0.15, 0.2) is 6.07 Å². The topological polar surface area (TPSA) is 177 Å². The number of esters is 2. The molecule has 4 aliphatic heterocycles. The lowest BCUT2D eigenvalue weighted by atomic mass is 9.76. The summed E-state index contributed by atoms with van der Waals surface area (Å²) < 4.78 is 53.0. The van der Waals surface area contributed by atoms with Crippen LogP contribution in [0.1, 0.15) is 73.2 Å². The fourth-order valence-corrected chi connectivity index (χ4v) is 9.77. The monoisotopic (exact) mass is 826 g/mol. The van der Waals surface area contributed by atoms with E-state index in [9.17, 15) is 19.6 Å². The van der Waals surface area contributed by atoms with Crippen molar-refractivity contribution < 1.29 is 57.0 Å². The summed E-state index contributed by atoms with van der Waals surface area (Å²) in [6, 6.07) is 1.00. The highest BCUT2D eigenvalue weighted by molar-refractivity contribution is 7.99. The summed E-state index contributed by atoms with van der Waals surface area (Å²) in [7, 11) is 5.22. The van der Waals surface area contributed by atoms with Crippen LogP contribution >= 0.6 is 11.8 Å². The van der Waals surface area contributed by atoms with Crippen LogP contribution < -0.4 is 29.0 Å². The van der Waals surface area contributed by atoms with E-state index >= 15 is 0 Å². The van der Waals surface area contributed by atoms with Crippen molar-refractivity contribution in [3.05, 3.63) is 39.4 Å². The largest absolute Gasteiger partial charge is 0.493 e. The highest BCUT2D eigenvalue weighted by Crippen LogP contribution is 2.55. The van der Waals surface area contributed by atoms with Crippen molar-refractivity contribution in [2.45, 2.75) is 96.7 Å². The first-order valence-corrected chi connectivity index (χ1v) is 20.4. The number of fused-ring (bicyclic) bond motifs is 7. The van der Waals surface area contributed by atoms with Crippen LogP contribution in [-0.4, -0.2) is 124 Å². The van der Waals surface area contributed by atoms with E-state index in [0.29, 0.717) is 70.8 Å². The molecule has 1 unspecified atom stereocenters. The van der Waals surface area contributed by atoms with Gasteiger partial charge in [-0.25, -0.2) is 9.59 Å². The molecule has 0 saturated carbocycles. The Morgan fingerprint density at radius 2 is 1.74 bits per heavy atom. The number of thioether (sulfide) groups is 1. The average Bonchev–Trinajstić information content (AvgIpc) is 3.64. The molecule has 1 amide bonds. The van der Waals surface area contributed by atoms with Crippen molar-refractivity contribution in [3.8, 4) is 34.8 Å². The molecule has 0 spiro atoms. The Kier molecular flexibility index (Phi) is 13.2. The van der Waals surface area contributed by atoms with Crippen molar-refractivity contribution in [2.24, 2.45) is 0 Å². The van der Waals surface area contributed by atoms with Crippen LogP contribution in [0, 0.1) is 32.1 Å². The average molecular weight is 827 g/mol. The third-order valence-electron chi connectivity index (χ3n) is 10.9. The number of piperazine rings is 1. The zero-order chi connectivity index (χ0) is 42.1. The third-order valence-corrected chi connectivity index (χ3v) is 12.0. The number of hydrogen-bond donors (Lipinski definition) is 1. The Balaban J connectivity index is 1.54. The van der Waals surface area contributed by atoms with Gasteiger partial charge in [0.1, 0.15) is 30.0 Å². The Morgan fingerprint density at radius 1 is 1.00 bits per heavy atom. The standard InChI is InChI=1S/C41H54N4O12S/c1-21-13-25-14-27-28(15-42)45-29(31-22(2)35(56-24(4)46)23(3)36-37(31)55-20-54-36)16-52-39(47)26(43-40(48)57-41(5,6)7)17-58-18-30(45)33(44(27)8)32(25)38(34(21)50-10)53-19-51-12-11-49-9/h13,26-30,33H,11-12,14,16-20H2,1-10H3,(H,43,48)/t26?,27-,28+,29+,30+,33+/m1/s1. The van der Waals surface area contributed by atoms with E-state index in [-0.39, 0.29) is 38.0 Å². The van der Waals surface area contributed by atoms with E-state index in [1.807, 2.05) is 20.9 Å². The molecule has 0 aliphatic carbocycles. The molecule has 4 heterocycles. The lowest BCUT2D eigenvalue weighted by Gasteiger charge is -2.58. The number of amides is 1. The molecule has 58 heavy (non-hydrogen) atoms. The molecule has 0 radical (unpaired) electrons. The number of methoxy groups -OCH3 is 2. The molecule has 6 rings (SSSR count). The molecule has 316 valence electrons. The lowest BCUT2D eigenvalue weighted by Crippen LogP contribution is -2.67. The lowest BCUT2D eigenvalue weighted by molar-refractivity contribution is -0.150. The number of alkyl carbamates (subject to hydrolysis) is 1. The molecule has 2 fully saturated rings. The highest BCUT2D eigenvalue weighted by atomic mass is 32.2. The molecule has 1 N–H and O–H groups in total. The van der Waals surface area contributed by atoms with Gasteiger partial charge in [0.15, 0.2) is 29.8 Å². The maximum Gasteiger partial charge on any atom is 0.408 e. The van der Waals surface area contributed by atoms with Crippen molar-refractivity contribution in [1.29, 1.82) is 5.26 Å². The number of rotatable bonds is 10. The Labute approximate surface area is 343 Å². The third kappa shape index (κ3) is 8.48. The number of carbonyl (C=O) groups is 3. The summed E-state index contributed by atoms with van der Waals surface area (Å²) in [6.07, 6.45) is -0.252. The number of carbonyl (C=O) groups excluding carboxylic acids is 3. The number of likely N-dealkylation sites (N-methyl/N-ethyl adjacent to an activating group) is 1. The fraction of sp³-hybridized carbons (Fsp3) is 0.610. The van der Waals surface area contributed by atoms with Crippen molar-refractivity contribution in [1.82, 2.24) is 15.1 Å². The van der Waals surface area contributed by atoms with E-state index < -0.39 is 47.8 Å². The van der Waals surface area contributed by atoms with Gasteiger partial charge in [-0.05, 0) is 66.1 Å². The maximum absolute atomic E-state index is 14.0. The van der Waals surface area contributed by atoms with E-state index in [2.05, 4.69) is 27.3 Å². The summed E-state index contributed by atoms with van der Waals surface area (Å²) in [5.41, 5.74) is 3.70. The molecule has 0 aromatic heterocycles. The normalized spacial score (nSPS) is 24.4. The molecular formula is C41H54N4O12S. The van der Waals surface area contributed by atoms with Gasteiger partial charge in [-0.1, -0.05) is 6.07 Å². The van der Waals surface area contributed by atoms with Crippen molar-refractivity contribution in [2.75, 3.05) is 66.2 Å². The predicted molar refractivity (Wildman–Crippen MR) is 212 cm³/mol. The van der Waals surface area contributed by atoms with E-state index in [0.717, 1.165) is 16.7 Å². The number of aryl methyl sites for hydroxylation is 1. The molecule has 17 heteroatoms. The van der Waals surface area contributed by atoms with E-state index in [1.165, 1.54) is 18.7 Å². The van der Waals surface area contributed by atoms with Gasteiger partial charge < -0.3 is 47.9 Å².